The molecule has 0 aliphatic heterocycles. The van der Waals surface area contributed by atoms with Gasteiger partial charge in [-0.25, -0.2) is 9.98 Å². The quantitative estimate of drug-likeness (QED) is 0.514. The number of aliphatic hydroxyl groups excluding tert-OH is 1. The van der Waals surface area contributed by atoms with E-state index in [9.17, 15) is 5.11 Å². The van der Waals surface area contributed by atoms with Gasteiger partial charge in [0.25, 0.3) is 0 Å². The predicted octanol–water partition coefficient (Wildman–Crippen LogP) is 1.98. The van der Waals surface area contributed by atoms with E-state index in [1.807, 2.05) is 49.5 Å². The molecule has 3 aromatic rings. The lowest BCUT2D eigenvalue weighted by molar-refractivity contribution is 0.276. The molecule has 0 unspecified atom stereocenters. The second kappa shape index (κ2) is 7.46. The standard InChI is InChI=1S/C19H23N7O/c1-5-26-17(15-11-25(4)23-16(15)12-27)10-21-19(26)18(20)22-13-7-6-8-14(9-13)24(2)3/h5-11,27H,1,12H2,2-4H3,(H2,20,22). The molecule has 0 fully saturated rings. The van der Waals surface area contributed by atoms with Crippen molar-refractivity contribution in [2.45, 2.75) is 6.61 Å². The van der Waals surface area contributed by atoms with Gasteiger partial charge in [0.2, 0.25) is 0 Å². The lowest BCUT2D eigenvalue weighted by Crippen LogP contribution is -2.18. The molecular formula is C19H23N7O. The maximum absolute atomic E-state index is 9.55. The van der Waals surface area contributed by atoms with Crippen molar-refractivity contribution in [1.82, 2.24) is 19.3 Å². The fraction of sp³-hybridized carbons (Fsp3) is 0.211. The van der Waals surface area contributed by atoms with Crippen molar-refractivity contribution < 1.29 is 5.11 Å². The van der Waals surface area contributed by atoms with E-state index in [1.165, 1.54) is 0 Å². The minimum absolute atomic E-state index is 0.172. The summed E-state index contributed by atoms with van der Waals surface area (Å²) in [5.41, 5.74) is 10.0. The van der Waals surface area contributed by atoms with Crippen LogP contribution in [0, 0.1) is 0 Å². The van der Waals surface area contributed by atoms with Crippen LogP contribution in [0.2, 0.25) is 0 Å². The maximum Gasteiger partial charge on any atom is 0.180 e. The van der Waals surface area contributed by atoms with E-state index in [-0.39, 0.29) is 12.4 Å². The number of aliphatic imine (C=N–C) groups is 1. The van der Waals surface area contributed by atoms with Crippen molar-refractivity contribution in [2.75, 3.05) is 19.0 Å². The van der Waals surface area contributed by atoms with Crippen LogP contribution in [-0.4, -0.2) is 44.4 Å². The van der Waals surface area contributed by atoms with Gasteiger partial charge in [-0.1, -0.05) is 12.6 Å². The number of rotatable bonds is 6. The van der Waals surface area contributed by atoms with Crippen LogP contribution < -0.4 is 10.6 Å². The molecule has 0 bridgehead atoms. The predicted molar refractivity (Wildman–Crippen MR) is 108 cm³/mol. The monoisotopic (exact) mass is 365 g/mol. The number of aromatic nitrogens is 4. The summed E-state index contributed by atoms with van der Waals surface area (Å²) in [4.78, 5) is 10.9. The number of imidazole rings is 1. The number of hydrogen-bond donors (Lipinski definition) is 2. The molecular weight excluding hydrogens is 342 g/mol. The van der Waals surface area contributed by atoms with E-state index in [2.05, 4.69) is 21.7 Å². The van der Waals surface area contributed by atoms with Gasteiger partial charge < -0.3 is 15.7 Å². The third-order valence-electron chi connectivity index (χ3n) is 4.14. The second-order valence-corrected chi connectivity index (χ2v) is 6.25. The Morgan fingerprint density at radius 1 is 1.41 bits per heavy atom. The van der Waals surface area contributed by atoms with Crippen LogP contribution in [0.4, 0.5) is 11.4 Å². The van der Waals surface area contributed by atoms with Crippen molar-refractivity contribution in [3.05, 3.63) is 54.8 Å². The molecule has 0 aliphatic carbocycles. The molecule has 0 saturated carbocycles. The first-order valence-corrected chi connectivity index (χ1v) is 8.40. The minimum atomic E-state index is -0.172. The lowest BCUT2D eigenvalue weighted by atomic mass is 10.2. The number of nitrogens with zero attached hydrogens (tertiary/aromatic N) is 6. The highest BCUT2D eigenvalue weighted by Crippen LogP contribution is 2.25. The molecule has 3 N–H and O–H groups in total. The summed E-state index contributed by atoms with van der Waals surface area (Å²) in [5.74, 6) is 0.745. The summed E-state index contributed by atoms with van der Waals surface area (Å²) in [5, 5.41) is 13.8. The third kappa shape index (κ3) is 3.61. The van der Waals surface area contributed by atoms with Gasteiger partial charge in [-0.2, -0.15) is 5.10 Å². The zero-order valence-electron chi connectivity index (χ0n) is 15.7. The molecule has 0 amide bonds. The molecule has 0 saturated heterocycles. The number of amidine groups is 1. The topological polar surface area (TPSA) is 97.5 Å². The van der Waals surface area contributed by atoms with Crippen molar-refractivity contribution in [3.63, 3.8) is 0 Å². The van der Waals surface area contributed by atoms with Crippen LogP contribution in [0.15, 0.2) is 48.2 Å². The second-order valence-electron chi connectivity index (χ2n) is 6.25. The number of aliphatic hydroxyl groups is 1. The Balaban J connectivity index is 2.04. The van der Waals surface area contributed by atoms with Gasteiger partial charge in [0.05, 0.1) is 29.9 Å². The van der Waals surface area contributed by atoms with E-state index in [4.69, 9.17) is 5.73 Å². The highest BCUT2D eigenvalue weighted by molar-refractivity contribution is 5.97. The van der Waals surface area contributed by atoms with Crippen LogP contribution in [0.1, 0.15) is 11.5 Å². The number of aryl methyl sites for hydroxylation is 1. The molecule has 0 spiro atoms. The Hall–Kier alpha value is -3.39. The van der Waals surface area contributed by atoms with Gasteiger partial charge in [-0.05, 0) is 18.2 Å². The van der Waals surface area contributed by atoms with Gasteiger partial charge in [-0.15, -0.1) is 0 Å². The average molecular weight is 365 g/mol. The number of nitrogens with two attached hydrogens (primary N) is 1. The molecule has 8 nitrogen and oxygen atoms in total. The highest BCUT2D eigenvalue weighted by Gasteiger charge is 2.17. The molecule has 2 aromatic heterocycles. The molecule has 140 valence electrons. The van der Waals surface area contributed by atoms with E-state index in [1.54, 1.807) is 28.7 Å². The van der Waals surface area contributed by atoms with Crippen molar-refractivity contribution in [1.29, 1.82) is 0 Å². The Morgan fingerprint density at radius 3 is 2.85 bits per heavy atom. The molecule has 0 radical (unpaired) electrons. The first-order valence-electron chi connectivity index (χ1n) is 8.40. The molecule has 27 heavy (non-hydrogen) atoms. The average Bonchev–Trinajstić information content (AvgIpc) is 3.24. The summed E-state index contributed by atoms with van der Waals surface area (Å²) >= 11 is 0. The van der Waals surface area contributed by atoms with E-state index in [0.29, 0.717) is 11.5 Å². The van der Waals surface area contributed by atoms with Gasteiger partial charge in [-0.3, -0.25) is 9.25 Å². The fourth-order valence-electron chi connectivity index (χ4n) is 2.83. The summed E-state index contributed by atoms with van der Waals surface area (Å²) in [6.45, 7) is 3.68. The van der Waals surface area contributed by atoms with Crippen molar-refractivity contribution in [2.24, 2.45) is 17.8 Å². The summed E-state index contributed by atoms with van der Waals surface area (Å²) in [7, 11) is 5.73. The van der Waals surface area contributed by atoms with Gasteiger partial charge in [0, 0.05) is 44.8 Å². The largest absolute Gasteiger partial charge is 0.390 e. The fourth-order valence-corrected chi connectivity index (χ4v) is 2.83. The third-order valence-corrected chi connectivity index (χ3v) is 4.14. The van der Waals surface area contributed by atoms with E-state index >= 15 is 0 Å². The number of anilines is 1. The molecule has 0 aliphatic rings. The smallest absolute Gasteiger partial charge is 0.180 e. The van der Waals surface area contributed by atoms with E-state index in [0.717, 1.165) is 22.6 Å². The van der Waals surface area contributed by atoms with Gasteiger partial charge in [0.15, 0.2) is 11.7 Å². The first kappa shape index (κ1) is 18.4. The molecule has 1 aromatic carbocycles. The SMILES string of the molecule is C=Cn1c(-c2cn(C)nc2CO)cnc1C(N)=Nc1cccc(N(C)C)c1. The van der Waals surface area contributed by atoms with Crippen molar-refractivity contribution >= 4 is 23.4 Å². The van der Waals surface area contributed by atoms with Crippen LogP contribution in [0.25, 0.3) is 17.5 Å². The summed E-state index contributed by atoms with van der Waals surface area (Å²) < 4.78 is 3.38. The summed E-state index contributed by atoms with van der Waals surface area (Å²) in [6, 6.07) is 7.75. The van der Waals surface area contributed by atoms with Crippen LogP contribution in [0.3, 0.4) is 0 Å². The molecule has 2 heterocycles. The van der Waals surface area contributed by atoms with Gasteiger partial charge in [0.1, 0.15) is 0 Å². The van der Waals surface area contributed by atoms with Crippen LogP contribution >= 0.6 is 0 Å². The van der Waals surface area contributed by atoms with Crippen molar-refractivity contribution in [3.8, 4) is 11.3 Å². The van der Waals surface area contributed by atoms with Crippen LogP contribution in [0.5, 0.6) is 0 Å². The Bertz CT molecular complexity index is 997. The zero-order chi connectivity index (χ0) is 19.6. The van der Waals surface area contributed by atoms with Crippen LogP contribution in [-0.2, 0) is 13.7 Å². The number of benzene rings is 1. The Kier molecular flexibility index (Phi) is 5.09. The van der Waals surface area contributed by atoms with E-state index < -0.39 is 0 Å². The Morgan fingerprint density at radius 2 is 2.19 bits per heavy atom. The normalized spacial score (nSPS) is 11.6. The first-order chi connectivity index (χ1) is 12.9. The minimum Gasteiger partial charge on any atom is -0.390 e. The van der Waals surface area contributed by atoms with Gasteiger partial charge >= 0.3 is 0 Å². The zero-order valence-corrected chi connectivity index (χ0v) is 15.7. The summed E-state index contributed by atoms with van der Waals surface area (Å²) in [6.07, 6.45) is 5.11. The molecule has 3 rings (SSSR count). The highest BCUT2D eigenvalue weighted by atomic mass is 16.3. The lowest BCUT2D eigenvalue weighted by Gasteiger charge is -2.12. The molecule has 8 heteroatoms. The Labute approximate surface area is 157 Å². The molecule has 0 atom stereocenters. The number of hydrogen-bond acceptors (Lipinski definition) is 5. The maximum atomic E-state index is 9.55.